The molecular weight excluding hydrogens is 400 g/mol. The molecule has 1 aliphatic rings. The number of halogens is 1. The van der Waals surface area contributed by atoms with Gasteiger partial charge in [-0.15, -0.1) is 0 Å². The summed E-state index contributed by atoms with van der Waals surface area (Å²) in [7, 11) is -2.13. The van der Waals surface area contributed by atoms with Crippen molar-refractivity contribution in [1.29, 1.82) is 0 Å². The quantitative estimate of drug-likeness (QED) is 0.765. The topological polar surface area (TPSA) is 75.7 Å². The number of hydrogen-bond acceptors (Lipinski definition) is 4. The highest BCUT2D eigenvalue weighted by atomic mass is 35.5. The smallest absolute Gasteiger partial charge is 0.243 e. The number of nitrogens with zero attached hydrogens (tertiary/aromatic N) is 1. The van der Waals surface area contributed by atoms with Crippen LogP contribution in [0, 0.1) is 0 Å². The molecule has 3 rings (SSSR count). The van der Waals surface area contributed by atoms with Crippen molar-refractivity contribution in [3.8, 4) is 5.75 Å². The molecule has 8 heteroatoms. The average Bonchev–Trinajstić information content (AvgIpc) is 2.69. The van der Waals surface area contributed by atoms with E-state index >= 15 is 0 Å². The Bertz CT molecular complexity index is 934. The average molecular weight is 423 g/mol. The van der Waals surface area contributed by atoms with Crippen molar-refractivity contribution < 1.29 is 17.9 Å². The van der Waals surface area contributed by atoms with Gasteiger partial charge in [-0.05, 0) is 43.2 Å². The molecular formula is C20H23ClN2O4S. The van der Waals surface area contributed by atoms with Crippen LogP contribution >= 0.6 is 11.6 Å². The zero-order valence-corrected chi connectivity index (χ0v) is 17.2. The van der Waals surface area contributed by atoms with Gasteiger partial charge in [0.25, 0.3) is 0 Å². The summed E-state index contributed by atoms with van der Waals surface area (Å²) >= 11 is 6.01. The molecule has 0 aliphatic carbocycles. The first-order chi connectivity index (χ1) is 13.4. The van der Waals surface area contributed by atoms with Crippen molar-refractivity contribution >= 4 is 33.2 Å². The highest BCUT2D eigenvalue weighted by Gasteiger charge is 2.34. The summed E-state index contributed by atoms with van der Waals surface area (Å²) in [6.07, 6.45) is 2.39. The van der Waals surface area contributed by atoms with Crippen LogP contribution < -0.4 is 10.1 Å². The molecule has 0 aromatic heterocycles. The van der Waals surface area contributed by atoms with E-state index in [4.69, 9.17) is 16.3 Å². The third-order valence-corrected chi connectivity index (χ3v) is 6.98. The lowest BCUT2D eigenvalue weighted by Crippen LogP contribution is -2.45. The molecule has 0 radical (unpaired) electrons. The minimum absolute atomic E-state index is 0.0712. The van der Waals surface area contributed by atoms with Crippen LogP contribution in [0.15, 0.2) is 53.4 Å². The van der Waals surface area contributed by atoms with Gasteiger partial charge in [0.2, 0.25) is 15.9 Å². The van der Waals surface area contributed by atoms with E-state index in [1.807, 2.05) is 0 Å². The number of carbonyl (C=O) groups is 1. The highest BCUT2D eigenvalue weighted by molar-refractivity contribution is 7.89. The fraction of sp³-hybridized carbons (Fsp3) is 0.350. The van der Waals surface area contributed by atoms with E-state index in [9.17, 15) is 13.2 Å². The number of methoxy groups -OCH3 is 1. The highest BCUT2D eigenvalue weighted by Crippen LogP contribution is 2.30. The molecule has 0 saturated carbocycles. The predicted molar refractivity (Wildman–Crippen MR) is 109 cm³/mol. The first-order valence-electron chi connectivity index (χ1n) is 9.12. The van der Waals surface area contributed by atoms with Crippen LogP contribution in [0.5, 0.6) is 5.75 Å². The van der Waals surface area contributed by atoms with Gasteiger partial charge in [-0.2, -0.15) is 4.31 Å². The number of anilines is 1. The van der Waals surface area contributed by atoms with E-state index < -0.39 is 10.0 Å². The van der Waals surface area contributed by atoms with Crippen molar-refractivity contribution in [1.82, 2.24) is 4.31 Å². The van der Waals surface area contributed by atoms with Gasteiger partial charge in [-0.3, -0.25) is 4.79 Å². The molecule has 1 amide bonds. The van der Waals surface area contributed by atoms with Crippen LogP contribution in [0.4, 0.5) is 5.69 Å². The second-order valence-electron chi connectivity index (χ2n) is 6.68. The Labute approximate surface area is 170 Å². The molecule has 1 N–H and O–H groups in total. The number of rotatable bonds is 6. The third kappa shape index (κ3) is 4.66. The van der Waals surface area contributed by atoms with Crippen LogP contribution in [0.25, 0.3) is 0 Å². The SMILES string of the molecule is COc1ccc(Cl)cc1NC(=O)CC1CCCCN1S(=O)(=O)c1ccccc1. The Morgan fingerprint density at radius 3 is 2.68 bits per heavy atom. The Morgan fingerprint density at radius 2 is 1.96 bits per heavy atom. The van der Waals surface area contributed by atoms with Crippen molar-refractivity contribution in [2.75, 3.05) is 19.0 Å². The second-order valence-corrected chi connectivity index (χ2v) is 9.00. The molecule has 150 valence electrons. The first kappa shape index (κ1) is 20.6. The summed E-state index contributed by atoms with van der Waals surface area (Å²) in [5.41, 5.74) is 0.466. The van der Waals surface area contributed by atoms with Crippen molar-refractivity contribution in [3.63, 3.8) is 0 Å². The van der Waals surface area contributed by atoms with Gasteiger partial charge in [-0.25, -0.2) is 8.42 Å². The van der Waals surface area contributed by atoms with Gasteiger partial charge < -0.3 is 10.1 Å². The number of hydrogen-bond donors (Lipinski definition) is 1. The van der Waals surface area contributed by atoms with Gasteiger partial charge >= 0.3 is 0 Å². The standard InChI is InChI=1S/C20H23ClN2O4S/c1-27-19-11-10-15(21)13-18(19)22-20(24)14-16-7-5-6-12-23(16)28(25,26)17-8-3-2-4-9-17/h2-4,8-11,13,16H,5-7,12,14H2,1H3,(H,22,24). The zero-order valence-electron chi connectivity index (χ0n) is 15.6. The first-order valence-corrected chi connectivity index (χ1v) is 10.9. The molecule has 1 atom stereocenters. The number of ether oxygens (including phenoxy) is 1. The molecule has 1 unspecified atom stereocenters. The van der Waals surface area contributed by atoms with Gasteiger partial charge in [0.1, 0.15) is 5.75 Å². The molecule has 2 aromatic rings. The maximum atomic E-state index is 13.0. The predicted octanol–water partition coefficient (Wildman–Crippen LogP) is 3.92. The van der Waals surface area contributed by atoms with Crippen LogP contribution in [0.3, 0.4) is 0 Å². The van der Waals surface area contributed by atoms with Crippen molar-refractivity contribution in [2.24, 2.45) is 0 Å². The van der Waals surface area contributed by atoms with E-state index in [2.05, 4.69) is 5.32 Å². The largest absolute Gasteiger partial charge is 0.495 e. The monoisotopic (exact) mass is 422 g/mol. The summed E-state index contributed by atoms with van der Waals surface area (Å²) in [5, 5.41) is 3.27. The summed E-state index contributed by atoms with van der Waals surface area (Å²) in [5.74, 6) is 0.218. The van der Waals surface area contributed by atoms with E-state index in [-0.39, 0.29) is 23.3 Å². The van der Waals surface area contributed by atoms with Gasteiger partial charge in [0.15, 0.2) is 0 Å². The molecule has 1 saturated heterocycles. The summed E-state index contributed by atoms with van der Waals surface area (Å²) in [6.45, 7) is 0.412. The second kappa shape index (κ2) is 8.94. The fourth-order valence-corrected chi connectivity index (χ4v) is 5.30. The molecule has 1 fully saturated rings. The molecule has 2 aromatic carbocycles. The maximum absolute atomic E-state index is 13.0. The van der Waals surface area contributed by atoms with Gasteiger partial charge in [0, 0.05) is 24.0 Å². The van der Waals surface area contributed by atoms with Gasteiger partial charge in [-0.1, -0.05) is 36.2 Å². The summed E-state index contributed by atoms with van der Waals surface area (Å²) in [4.78, 5) is 12.9. The van der Waals surface area contributed by atoms with E-state index in [0.717, 1.165) is 12.8 Å². The number of carbonyl (C=O) groups excluding carboxylic acids is 1. The van der Waals surface area contributed by atoms with Crippen molar-refractivity contribution in [2.45, 2.75) is 36.6 Å². The lowest BCUT2D eigenvalue weighted by molar-refractivity contribution is -0.117. The number of benzene rings is 2. The summed E-state index contributed by atoms with van der Waals surface area (Å²) < 4.78 is 32.8. The van der Waals surface area contributed by atoms with Crippen LogP contribution in [0.1, 0.15) is 25.7 Å². The molecule has 1 heterocycles. The Hall–Kier alpha value is -2.09. The zero-order chi connectivity index (χ0) is 20.1. The molecule has 6 nitrogen and oxygen atoms in total. The minimum Gasteiger partial charge on any atom is -0.495 e. The molecule has 0 spiro atoms. The number of amides is 1. The molecule has 28 heavy (non-hydrogen) atoms. The van der Waals surface area contributed by atoms with Crippen LogP contribution in [-0.4, -0.2) is 38.3 Å². The third-order valence-electron chi connectivity index (χ3n) is 4.78. The molecule has 1 aliphatic heterocycles. The van der Waals surface area contributed by atoms with E-state index in [1.54, 1.807) is 48.5 Å². The number of nitrogens with one attached hydrogen (secondary N) is 1. The van der Waals surface area contributed by atoms with Crippen molar-refractivity contribution in [3.05, 3.63) is 53.6 Å². The van der Waals surface area contributed by atoms with E-state index in [0.29, 0.717) is 29.4 Å². The lowest BCUT2D eigenvalue weighted by Gasteiger charge is -2.34. The Morgan fingerprint density at radius 1 is 1.21 bits per heavy atom. The lowest BCUT2D eigenvalue weighted by atomic mass is 10.0. The number of sulfonamides is 1. The normalized spacial score (nSPS) is 17.9. The van der Waals surface area contributed by atoms with Crippen LogP contribution in [-0.2, 0) is 14.8 Å². The fourth-order valence-electron chi connectivity index (χ4n) is 3.42. The number of piperidine rings is 1. The minimum atomic E-state index is -3.64. The van der Waals surface area contributed by atoms with Gasteiger partial charge in [0.05, 0.1) is 17.7 Å². The Balaban J connectivity index is 1.76. The summed E-state index contributed by atoms with van der Waals surface area (Å²) in [6, 6.07) is 12.9. The Kier molecular flexibility index (Phi) is 6.59. The van der Waals surface area contributed by atoms with Crippen LogP contribution in [0.2, 0.25) is 5.02 Å². The van der Waals surface area contributed by atoms with E-state index in [1.165, 1.54) is 11.4 Å². The molecule has 0 bridgehead atoms. The maximum Gasteiger partial charge on any atom is 0.243 e.